The molecule has 1 unspecified atom stereocenters. The molecule has 3 heterocycles. The fourth-order valence-electron chi connectivity index (χ4n) is 3.00. The Morgan fingerprint density at radius 2 is 2.24 bits per heavy atom. The Bertz CT molecular complexity index is 615. The summed E-state index contributed by atoms with van der Waals surface area (Å²) >= 11 is 7.90. The summed E-state index contributed by atoms with van der Waals surface area (Å²) in [6.07, 6.45) is 2.35. The summed E-state index contributed by atoms with van der Waals surface area (Å²) in [6, 6.07) is 2.56. The van der Waals surface area contributed by atoms with Crippen LogP contribution >= 0.6 is 22.9 Å². The van der Waals surface area contributed by atoms with Crippen molar-refractivity contribution in [1.82, 2.24) is 19.8 Å². The average Bonchev–Trinajstić information content (AvgIpc) is 2.85. The molecule has 4 nitrogen and oxygen atoms in total. The first-order chi connectivity index (χ1) is 10.2. The molecule has 114 valence electrons. The van der Waals surface area contributed by atoms with Crippen LogP contribution in [0.5, 0.6) is 0 Å². The SMILES string of the molecule is CCC1CN(C)CCCN1Cc1nc(Cl)c2ccsc2n1. The topological polar surface area (TPSA) is 32.3 Å². The van der Waals surface area contributed by atoms with Crippen LogP contribution in [0.15, 0.2) is 11.4 Å². The molecular formula is C15H21ClN4S. The highest BCUT2D eigenvalue weighted by atomic mass is 35.5. The fourth-order valence-corrected chi connectivity index (χ4v) is 4.09. The zero-order valence-corrected chi connectivity index (χ0v) is 14.1. The highest BCUT2D eigenvalue weighted by molar-refractivity contribution is 7.16. The van der Waals surface area contributed by atoms with Crippen LogP contribution in [0.2, 0.25) is 5.15 Å². The molecule has 1 saturated heterocycles. The van der Waals surface area contributed by atoms with Gasteiger partial charge in [-0.15, -0.1) is 11.3 Å². The molecule has 0 bridgehead atoms. The van der Waals surface area contributed by atoms with Crippen molar-refractivity contribution in [2.24, 2.45) is 0 Å². The van der Waals surface area contributed by atoms with Crippen LogP contribution in [0.3, 0.4) is 0 Å². The number of rotatable bonds is 3. The van der Waals surface area contributed by atoms with Crippen molar-refractivity contribution in [2.45, 2.75) is 32.4 Å². The van der Waals surface area contributed by atoms with Gasteiger partial charge in [-0.3, -0.25) is 4.90 Å². The van der Waals surface area contributed by atoms with Gasteiger partial charge in [0.05, 0.1) is 6.54 Å². The molecule has 1 atom stereocenters. The Hall–Kier alpha value is -0.750. The van der Waals surface area contributed by atoms with E-state index < -0.39 is 0 Å². The Labute approximate surface area is 134 Å². The van der Waals surface area contributed by atoms with E-state index in [9.17, 15) is 0 Å². The molecule has 0 amide bonds. The van der Waals surface area contributed by atoms with Crippen molar-refractivity contribution < 1.29 is 0 Å². The first-order valence-corrected chi connectivity index (χ1v) is 8.75. The first kappa shape index (κ1) is 15.2. The van der Waals surface area contributed by atoms with Gasteiger partial charge in [-0.05, 0) is 37.9 Å². The summed E-state index contributed by atoms with van der Waals surface area (Å²) in [4.78, 5) is 15.1. The Morgan fingerprint density at radius 3 is 3.05 bits per heavy atom. The van der Waals surface area contributed by atoms with Gasteiger partial charge >= 0.3 is 0 Å². The monoisotopic (exact) mass is 324 g/mol. The maximum absolute atomic E-state index is 6.28. The number of thiophene rings is 1. The van der Waals surface area contributed by atoms with Gasteiger partial charge in [0.2, 0.25) is 0 Å². The predicted molar refractivity (Wildman–Crippen MR) is 89.0 cm³/mol. The fraction of sp³-hybridized carbons (Fsp3) is 0.600. The highest BCUT2D eigenvalue weighted by Gasteiger charge is 2.23. The molecule has 1 aliphatic rings. The van der Waals surface area contributed by atoms with Crippen LogP contribution in [0.4, 0.5) is 0 Å². The lowest BCUT2D eigenvalue weighted by atomic mass is 10.2. The molecule has 0 N–H and O–H groups in total. The van der Waals surface area contributed by atoms with E-state index in [2.05, 4.69) is 33.7 Å². The molecule has 6 heteroatoms. The van der Waals surface area contributed by atoms with Gasteiger partial charge in [0.15, 0.2) is 0 Å². The standard InChI is InChI=1S/C15H21ClN4S/c1-3-11-9-19(2)6-4-7-20(11)10-13-17-14(16)12-5-8-21-15(12)18-13/h5,8,11H,3-4,6-7,9-10H2,1-2H3. The highest BCUT2D eigenvalue weighted by Crippen LogP contribution is 2.25. The quantitative estimate of drug-likeness (QED) is 0.811. The lowest BCUT2D eigenvalue weighted by Crippen LogP contribution is -2.39. The first-order valence-electron chi connectivity index (χ1n) is 7.49. The smallest absolute Gasteiger partial charge is 0.145 e. The van der Waals surface area contributed by atoms with Crippen LogP contribution < -0.4 is 0 Å². The third-order valence-electron chi connectivity index (χ3n) is 4.16. The van der Waals surface area contributed by atoms with E-state index in [1.807, 2.05) is 11.4 Å². The number of hydrogen-bond acceptors (Lipinski definition) is 5. The Balaban J connectivity index is 1.82. The van der Waals surface area contributed by atoms with Crippen molar-refractivity contribution in [3.63, 3.8) is 0 Å². The van der Waals surface area contributed by atoms with Crippen LogP contribution in [0, 0.1) is 0 Å². The van der Waals surface area contributed by atoms with Crippen molar-refractivity contribution in [2.75, 3.05) is 26.7 Å². The van der Waals surface area contributed by atoms with E-state index in [-0.39, 0.29) is 0 Å². The third-order valence-corrected chi connectivity index (χ3v) is 5.26. The van der Waals surface area contributed by atoms with E-state index >= 15 is 0 Å². The van der Waals surface area contributed by atoms with E-state index in [1.54, 1.807) is 11.3 Å². The normalized spacial score (nSPS) is 21.8. The lowest BCUT2D eigenvalue weighted by molar-refractivity contribution is 0.172. The van der Waals surface area contributed by atoms with Gasteiger partial charge in [-0.1, -0.05) is 18.5 Å². The predicted octanol–water partition coefficient (Wildman–Crippen LogP) is 3.26. The van der Waals surface area contributed by atoms with E-state index in [0.29, 0.717) is 11.2 Å². The van der Waals surface area contributed by atoms with Gasteiger partial charge in [0.25, 0.3) is 0 Å². The molecule has 2 aromatic heterocycles. The van der Waals surface area contributed by atoms with Gasteiger partial charge in [-0.2, -0.15) is 0 Å². The summed E-state index contributed by atoms with van der Waals surface area (Å²) in [7, 11) is 2.21. The molecule has 1 fully saturated rings. The Morgan fingerprint density at radius 1 is 1.38 bits per heavy atom. The van der Waals surface area contributed by atoms with Gasteiger partial charge in [0, 0.05) is 24.5 Å². The summed E-state index contributed by atoms with van der Waals surface area (Å²) in [6.45, 7) is 6.43. The average molecular weight is 325 g/mol. The zero-order chi connectivity index (χ0) is 14.8. The van der Waals surface area contributed by atoms with Crippen LogP contribution in [0.25, 0.3) is 10.2 Å². The maximum atomic E-state index is 6.28. The molecule has 0 saturated carbocycles. The molecular weight excluding hydrogens is 304 g/mol. The molecule has 1 aliphatic heterocycles. The van der Waals surface area contributed by atoms with Gasteiger partial charge < -0.3 is 4.90 Å². The van der Waals surface area contributed by atoms with Crippen molar-refractivity contribution >= 4 is 33.2 Å². The molecule has 21 heavy (non-hydrogen) atoms. The van der Waals surface area contributed by atoms with E-state index in [0.717, 1.165) is 42.1 Å². The lowest BCUT2D eigenvalue weighted by Gasteiger charge is -2.29. The second kappa shape index (κ2) is 6.57. The zero-order valence-electron chi connectivity index (χ0n) is 12.5. The third kappa shape index (κ3) is 3.37. The van der Waals surface area contributed by atoms with Crippen molar-refractivity contribution in [1.29, 1.82) is 0 Å². The van der Waals surface area contributed by atoms with Gasteiger partial charge in [0.1, 0.15) is 15.8 Å². The maximum Gasteiger partial charge on any atom is 0.145 e. The largest absolute Gasteiger partial charge is 0.305 e. The number of hydrogen-bond donors (Lipinski definition) is 0. The number of halogens is 1. The molecule has 2 aromatic rings. The molecule has 0 spiro atoms. The summed E-state index contributed by atoms with van der Waals surface area (Å²) in [5.41, 5.74) is 0. The van der Waals surface area contributed by atoms with Crippen LogP contribution in [-0.4, -0.2) is 52.5 Å². The van der Waals surface area contributed by atoms with Crippen LogP contribution in [0.1, 0.15) is 25.6 Å². The summed E-state index contributed by atoms with van der Waals surface area (Å²) in [5, 5.41) is 3.56. The molecule has 0 aliphatic carbocycles. The van der Waals surface area contributed by atoms with E-state index in [4.69, 9.17) is 11.6 Å². The number of fused-ring (bicyclic) bond motifs is 1. The van der Waals surface area contributed by atoms with Crippen molar-refractivity contribution in [3.8, 4) is 0 Å². The molecule has 0 aromatic carbocycles. The summed E-state index contributed by atoms with van der Waals surface area (Å²) < 4.78 is 0. The summed E-state index contributed by atoms with van der Waals surface area (Å²) in [5.74, 6) is 0.845. The minimum atomic E-state index is 0.568. The Kier molecular flexibility index (Phi) is 4.74. The van der Waals surface area contributed by atoms with Gasteiger partial charge in [-0.25, -0.2) is 9.97 Å². The minimum Gasteiger partial charge on any atom is -0.305 e. The number of aromatic nitrogens is 2. The second-order valence-corrected chi connectivity index (χ2v) is 6.97. The number of nitrogens with zero attached hydrogens (tertiary/aromatic N) is 4. The second-order valence-electron chi connectivity index (χ2n) is 5.72. The molecule has 0 radical (unpaired) electrons. The molecule has 3 rings (SSSR count). The minimum absolute atomic E-state index is 0.568. The van der Waals surface area contributed by atoms with Crippen molar-refractivity contribution in [3.05, 3.63) is 22.4 Å². The van der Waals surface area contributed by atoms with E-state index in [1.165, 1.54) is 13.0 Å². The number of likely N-dealkylation sites (N-methyl/N-ethyl adjacent to an activating group) is 1. The van der Waals surface area contributed by atoms with Crippen LogP contribution in [-0.2, 0) is 6.54 Å².